The first-order valence-electron chi connectivity index (χ1n) is 13.8. The van der Waals surface area contributed by atoms with Crippen LogP contribution in [0.3, 0.4) is 0 Å². The average molecular weight is 477 g/mol. The number of hydrogen-bond donors (Lipinski definition) is 0. The number of hydrogen-bond acceptors (Lipinski definition) is 5. The minimum atomic E-state index is 0.0735. The monoisotopic (exact) mass is 477 g/mol. The van der Waals surface area contributed by atoms with Crippen molar-refractivity contribution in [3.63, 3.8) is 0 Å². The molecule has 5 unspecified atom stereocenters. The summed E-state index contributed by atoms with van der Waals surface area (Å²) in [6.45, 7) is 4.69. The maximum absolute atomic E-state index is 6.20. The molecule has 4 aliphatic rings. The summed E-state index contributed by atoms with van der Waals surface area (Å²) in [7, 11) is 6.20. The van der Waals surface area contributed by atoms with Gasteiger partial charge in [0.2, 0.25) is 0 Å². The molecule has 2 aromatic carbocycles. The summed E-state index contributed by atoms with van der Waals surface area (Å²) in [6.07, 6.45) is 8.82. The number of amidine groups is 2. The van der Waals surface area contributed by atoms with Gasteiger partial charge in [-0.2, -0.15) is 5.11 Å². The molecule has 6 heteroatoms. The summed E-state index contributed by atoms with van der Waals surface area (Å²) in [5.74, 6) is 5.15. The number of nitrogens with zero attached hydrogens (tertiary/aromatic N) is 5. The van der Waals surface area contributed by atoms with Crippen molar-refractivity contribution in [2.75, 3.05) is 19.8 Å². The highest BCUT2D eigenvalue weighted by Crippen LogP contribution is 2.49. The second kappa shape index (κ2) is 10.3. The fourth-order valence-electron chi connectivity index (χ4n) is 7.10. The molecule has 2 aromatic rings. The zero-order chi connectivity index (χ0) is 24.5. The van der Waals surface area contributed by atoms with Crippen LogP contribution in [0.2, 0.25) is 0 Å². The van der Waals surface area contributed by atoms with Gasteiger partial charge in [-0.05, 0) is 66.9 Å². The summed E-state index contributed by atoms with van der Waals surface area (Å²) in [4.78, 5) is 12.6. The van der Waals surface area contributed by atoms with Gasteiger partial charge in [-0.15, -0.1) is 5.11 Å². The normalized spacial score (nSPS) is 28.5. The van der Waals surface area contributed by atoms with Crippen LogP contribution in [-0.4, -0.2) is 44.2 Å². The number of azo groups is 1. The predicted molar refractivity (Wildman–Crippen MR) is 147 cm³/mol. The molecule has 0 N–H and O–H groups in total. The lowest BCUT2D eigenvalue weighted by Crippen LogP contribution is -2.36. The minimum Gasteiger partial charge on any atom is -0.356 e. The molecule has 2 aliphatic heterocycles. The Balaban J connectivity index is 1.34. The van der Waals surface area contributed by atoms with Gasteiger partial charge in [0.1, 0.15) is 19.5 Å². The zero-order valence-electron chi connectivity index (χ0n) is 21.4. The van der Waals surface area contributed by atoms with E-state index in [0.29, 0.717) is 12.6 Å². The highest BCUT2D eigenvalue weighted by Gasteiger charge is 2.39. The first-order valence-corrected chi connectivity index (χ1v) is 13.8. The molecule has 5 nitrogen and oxygen atoms in total. The number of rotatable bonds is 7. The molecule has 0 aromatic heterocycles. The van der Waals surface area contributed by atoms with Crippen LogP contribution in [0, 0.1) is 23.7 Å². The third-order valence-electron chi connectivity index (χ3n) is 8.91. The van der Waals surface area contributed by atoms with Crippen molar-refractivity contribution < 1.29 is 0 Å². The van der Waals surface area contributed by atoms with Crippen LogP contribution in [-0.2, 0) is 6.42 Å². The molecule has 2 fully saturated rings. The van der Waals surface area contributed by atoms with Gasteiger partial charge in [-0.3, -0.25) is 4.99 Å². The lowest BCUT2D eigenvalue weighted by atomic mass is 9.86. The quantitative estimate of drug-likeness (QED) is 0.486. The van der Waals surface area contributed by atoms with Gasteiger partial charge in [0.15, 0.2) is 6.67 Å². The summed E-state index contributed by atoms with van der Waals surface area (Å²) in [5.41, 5.74) is 4.67. The second-order valence-electron chi connectivity index (χ2n) is 11.3. The Kier molecular flexibility index (Phi) is 6.77. The molecule has 0 amide bonds. The molecule has 2 saturated carbocycles. The lowest BCUT2D eigenvalue weighted by Gasteiger charge is -2.30. The summed E-state index contributed by atoms with van der Waals surface area (Å²) in [5, 5.41) is 8.33. The van der Waals surface area contributed by atoms with Crippen LogP contribution in [0.15, 0.2) is 68.7 Å². The Bertz CT molecular complexity index is 1190. The Labute approximate surface area is 216 Å². The van der Waals surface area contributed by atoms with Gasteiger partial charge in [0, 0.05) is 25.1 Å². The van der Waals surface area contributed by atoms with E-state index >= 15 is 0 Å². The van der Waals surface area contributed by atoms with E-state index in [1.54, 1.807) is 0 Å². The molecule has 5 atom stereocenters. The third-order valence-corrected chi connectivity index (χ3v) is 8.91. The van der Waals surface area contributed by atoms with Crippen LogP contribution < -0.4 is 5.46 Å². The highest BCUT2D eigenvalue weighted by molar-refractivity contribution is 6.32. The van der Waals surface area contributed by atoms with Crippen molar-refractivity contribution in [2.24, 2.45) is 43.9 Å². The van der Waals surface area contributed by atoms with E-state index in [-0.39, 0.29) is 6.04 Å². The van der Waals surface area contributed by atoms with Crippen molar-refractivity contribution in [1.29, 1.82) is 0 Å². The minimum absolute atomic E-state index is 0.0735. The van der Waals surface area contributed by atoms with Crippen molar-refractivity contribution in [3.8, 4) is 0 Å². The first kappa shape index (κ1) is 23.6. The van der Waals surface area contributed by atoms with Crippen molar-refractivity contribution in [1.82, 2.24) is 4.90 Å². The maximum atomic E-state index is 6.20. The van der Waals surface area contributed by atoms with Gasteiger partial charge in [0.25, 0.3) is 0 Å². The fraction of sp³-hybridized carbons (Fsp3) is 0.533. The summed E-state index contributed by atoms with van der Waals surface area (Å²) < 4.78 is 0. The van der Waals surface area contributed by atoms with Crippen LogP contribution in [0.1, 0.15) is 68.2 Å². The van der Waals surface area contributed by atoms with Gasteiger partial charge >= 0.3 is 0 Å². The molecular formula is C30H36BN5. The molecule has 2 radical (unpaired) electrons. The average Bonchev–Trinajstić information content (AvgIpc) is 3.63. The number of benzene rings is 2. The van der Waals surface area contributed by atoms with Crippen molar-refractivity contribution >= 4 is 25.0 Å². The van der Waals surface area contributed by atoms with E-state index in [4.69, 9.17) is 12.8 Å². The van der Waals surface area contributed by atoms with Crippen molar-refractivity contribution in [2.45, 2.75) is 57.9 Å². The predicted octanol–water partition coefficient (Wildman–Crippen LogP) is 5.50. The Morgan fingerprint density at radius 3 is 2.72 bits per heavy atom. The van der Waals surface area contributed by atoms with Crippen LogP contribution in [0.25, 0.3) is 0 Å². The SMILES string of the molecule is [B]c1cccc(C2N=C(N(CCC3=NCN=N3)CCC3CC4CCC3C4)c3ccccc3CC2C)c1. The summed E-state index contributed by atoms with van der Waals surface area (Å²) in [6, 6.07) is 17.2. The zero-order valence-corrected chi connectivity index (χ0v) is 21.4. The third kappa shape index (κ3) is 4.92. The lowest BCUT2D eigenvalue weighted by molar-refractivity contribution is 0.280. The molecule has 36 heavy (non-hydrogen) atoms. The van der Waals surface area contributed by atoms with E-state index in [0.717, 1.165) is 60.8 Å². The first-order chi connectivity index (χ1) is 17.6. The van der Waals surface area contributed by atoms with Gasteiger partial charge in [0.05, 0.1) is 6.04 Å². The number of fused-ring (bicyclic) bond motifs is 3. The highest BCUT2D eigenvalue weighted by atomic mass is 15.3. The van der Waals surface area contributed by atoms with Crippen molar-refractivity contribution in [3.05, 3.63) is 65.2 Å². The molecule has 184 valence electrons. The van der Waals surface area contributed by atoms with E-state index < -0.39 is 0 Å². The van der Waals surface area contributed by atoms with Gasteiger partial charge < -0.3 is 4.90 Å². The van der Waals surface area contributed by atoms with E-state index in [1.807, 2.05) is 6.07 Å². The largest absolute Gasteiger partial charge is 0.356 e. The van der Waals surface area contributed by atoms with Gasteiger partial charge in [-0.1, -0.05) is 67.3 Å². The molecule has 2 bridgehead atoms. The number of aliphatic imine (C=N–C) groups is 2. The van der Waals surface area contributed by atoms with Gasteiger partial charge in [-0.25, -0.2) is 4.99 Å². The Morgan fingerprint density at radius 2 is 1.94 bits per heavy atom. The second-order valence-corrected chi connectivity index (χ2v) is 11.3. The molecule has 2 aliphatic carbocycles. The van der Waals surface area contributed by atoms with E-state index in [9.17, 15) is 0 Å². The van der Waals surface area contributed by atoms with E-state index in [1.165, 1.54) is 48.8 Å². The molecule has 0 spiro atoms. The van der Waals surface area contributed by atoms with Crippen LogP contribution in [0.4, 0.5) is 0 Å². The Hall–Kier alpha value is -2.76. The molecule has 0 saturated heterocycles. The van der Waals surface area contributed by atoms with Crippen LogP contribution >= 0.6 is 0 Å². The smallest absolute Gasteiger partial charge is 0.152 e. The topological polar surface area (TPSA) is 52.7 Å². The fourth-order valence-corrected chi connectivity index (χ4v) is 7.10. The maximum Gasteiger partial charge on any atom is 0.152 e. The molecule has 2 heterocycles. The Morgan fingerprint density at radius 1 is 1.03 bits per heavy atom. The standard InChI is InChI=1S/C30H36BN5/c1-20-15-24-5-2-3-8-27(24)30(34-29(20)25-6-4-7-26(31)18-25)36(14-12-28-32-19-33-35-28)13-11-23-17-21-9-10-22(23)16-21/h2-8,18,20-23,29H,9-17,19H2,1H3. The molecular weight excluding hydrogens is 441 g/mol. The molecule has 6 rings (SSSR count). The summed E-state index contributed by atoms with van der Waals surface area (Å²) >= 11 is 0. The van der Waals surface area contributed by atoms with Crippen LogP contribution in [0.5, 0.6) is 0 Å². The van der Waals surface area contributed by atoms with E-state index in [2.05, 4.69) is 69.5 Å².